The number of benzene rings is 3. The van der Waals surface area contributed by atoms with Gasteiger partial charge in [0.05, 0.1) is 29.9 Å². The van der Waals surface area contributed by atoms with Crippen molar-refractivity contribution in [3.63, 3.8) is 0 Å². The molecule has 3 aromatic rings. The maximum atomic E-state index is 17.2. The summed E-state index contributed by atoms with van der Waals surface area (Å²) in [6.07, 6.45) is 15.8. The van der Waals surface area contributed by atoms with E-state index < -0.39 is 23.6 Å². The first-order chi connectivity index (χ1) is 39.2. The topological polar surface area (TPSA) is 230 Å². The number of nitrogens with one attached hydrogen (secondary N) is 4. The minimum Gasteiger partial charge on any atom is -0.508 e. The summed E-state index contributed by atoms with van der Waals surface area (Å²) in [5.74, 6) is 0.711. The van der Waals surface area contributed by atoms with Gasteiger partial charge < -0.3 is 55.6 Å². The number of ether oxygens (including phenoxy) is 1. The molecule has 9 rings (SSSR count). The van der Waals surface area contributed by atoms with Crippen LogP contribution in [0.3, 0.4) is 0 Å². The van der Waals surface area contributed by atoms with Gasteiger partial charge in [-0.15, -0.1) is 6.42 Å². The highest BCUT2D eigenvalue weighted by Crippen LogP contribution is 2.45. The van der Waals surface area contributed by atoms with E-state index in [1.54, 1.807) is 24.4 Å². The fraction of sp³-hybridized carbons (Fsp3) is 0.475. The minimum absolute atomic E-state index is 0.0254. The fourth-order valence-corrected chi connectivity index (χ4v) is 10.9. The van der Waals surface area contributed by atoms with E-state index in [2.05, 4.69) is 74.1 Å². The Morgan fingerprint density at radius 1 is 1.07 bits per heavy atom. The summed E-state index contributed by atoms with van der Waals surface area (Å²) in [5.41, 5.74) is 2.49. The molecule has 6 heterocycles. The van der Waals surface area contributed by atoms with Crippen molar-refractivity contribution in [2.75, 3.05) is 86.1 Å². The number of aldehydes is 2. The number of aliphatic hydroxyl groups excluding tert-OH is 1. The molecule has 6 N–H and O–H groups in total. The van der Waals surface area contributed by atoms with Gasteiger partial charge in [-0.05, 0) is 101 Å². The Morgan fingerprint density at radius 3 is 2.37 bits per heavy atom. The number of hydrogen-bond donors (Lipinski definition) is 6. The van der Waals surface area contributed by atoms with Crippen molar-refractivity contribution in [2.45, 2.75) is 108 Å². The summed E-state index contributed by atoms with van der Waals surface area (Å²) in [6, 6.07) is 10.7. The molecule has 6 aliphatic heterocycles. The third-order valence-electron chi connectivity index (χ3n) is 14.6. The number of carbonyl (C=O) groups excluding carboxylic acids is 5. The molecule has 18 nitrogen and oxygen atoms in total. The number of phenols is 1. The molecule has 6 aliphatic rings. The molecule has 2 amide bonds. The number of rotatable bonds is 21. The average molecular weight is 1120 g/mol. The second kappa shape index (κ2) is 32.8. The number of hydrogen-bond acceptors (Lipinski definition) is 16. The number of carbonyl (C=O) groups is 5. The second-order valence-electron chi connectivity index (χ2n) is 20.1. The van der Waals surface area contributed by atoms with Gasteiger partial charge in [-0.1, -0.05) is 57.0 Å². The average Bonchev–Trinajstić information content (AvgIpc) is 4.07. The van der Waals surface area contributed by atoms with E-state index in [-0.39, 0.29) is 69.7 Å². The lowest BCUT2D eigenvalue weighted by molar-refractivity contribution is -0.125. The Bertz CT molecular complexity index is 2850. The van der Waals surface area contributed by atoms with Crippen molar-refractivity contribution in [2.24, 2.45) is 15.0 Å². The molecule has 20 heteroatoms. The van der Waals surface area contributed by atoms with Crippen molar-refractivity contribution >= 4 is 72.0 Å². The van der Waals surface area contributed by atoms with Crippen molar-refractivity contribution in [1.29, 1.82) is 0 Å². The zero-order valence-corrected chi connectivity index (χ0v) is 48.1. The highest BCUT2D eigenvalue weighted by Gasteiger charge is 2.50. The molecular weight excluding hydrogens is 1040 g/mol. The van der Waals surface area contributed by atoms with Crippen LogP contribution in [0.1, 0.15) is 110 Å². The molecule has 5 atom stereocenters. The van der Waals surface area contributed by atoms with Crippen LogP contribution in [-0.2, 0) is 19.1 Å². The van der Waals surface area contributed by atoms with E-state index in [1.165, 1.54) is 49.7 Å². The Kier molecular flexibility index (Phi) is 26.9. The number of terminal acetylenes is 1. The molecule has 5 saturated heterocycles. The summed E-state index contributed by atoms with van der Waals surface area (Å²) in [6.45, 7) is 22.1. The fourth-order valence-electron chi connectivity index (χ4n) is 10.9. The number of piperazine rings is 1. The van der Waals surface area contributed by atoms with Gasteiger partial charge in [0.2, 0.25) is 5.91 Å². The van der Waals surface area contributed by atoms with Gasteiger partial charge >= 0.3 is 0 Å². The number of anilines is 1. The van der Waals surface area contributed by atoms with E-state index >= 15 is 4.39 Å². The summed E-state index contributed by atoms with van der Waals surface area (Å²) in [7, 11) is 5.93. The minimum atomic E-state index is -0.790. The zero-order valence-electron chi connectivity index (χ0n) is 48.1. The van der Waals surface area contributed by atoms with Gasteiger partial charge in [0.15, 0.2) is 12.1 Å². The number of likely N-dealkylation sites (N-methyl/N-ethyl adjacent to an activating group) is 2. The van der Waals surface area contributed by atoms with Crippen LogP contribution in [0.25, 0.3) is 16.5 Å². The van der Waals surface area contributed by atoms with Crippen LogP contribution in [0.5, 0.6) is 5.75 Å². The molecule has 5 unspecified atom stereocenters. The van der Waals surface area contributed by atoms with E-state index in [0.717, 1.165) is 64.3 Å². The number of aromatic hydroxyl groups is 1. The maximum Gasteiger partial charge on any atom is 0.257 e. The highest BCUT2D eigenvalue weighted by molar-refractivity contribution is 6.29. The van der Waals surface area contributed by atoms with Crippen molar-refractivity contribution < 1.29 is 47.7 Å². The molecular formula is C61H82F2N10O8. The van der Waals surface area contributed by atoms with Gasteiger partial charge in [0.25, 0.3) is 5.91 Å². The second-order valence-corrected chi connectivity index (χ2v) is 20.1. The summed E-state index contributed by atoms with van der Waals surface area (Å²) in [4.78, 5) is 75.0. The smallest absolute Gasteiger partial charge is 0.257 e. The summed E-state index contributed by atoms with van der Waals surface area (Å²) < 4.78 is 38.1. The van der Waals surface area contributed by atoms with Crippen LogP contribution in [0.2, 0.25) is 0 Å². The van der Waals surface area contributed by atoms with Gasteiger partial charge in [-0.3, -0.25) is 29.3 Å². The molecule has 5 fully saturated rings. The largest absolute Gasteiger partial charge is 0.508 e. The molecule has 438 valence electrons. The van der Waals surface area contributed by atoms with Crippen LogP contribution >= 0.6 is 0 Å². The van der Waals surface area contributed by atoms with E-state index in [0.29, 0.717) is 91.9 Å². The molecule has 2 bridgehead atoms. The lowest BCUT2D eigenvalue weighted by Crippen LogP contribution is -2.66. The van der Waals surface area contributed by atoms with Gasteiger partial charge in [-0.25, -0.2) is 13.8 Å². The van der Waals surface area contributed by atoms with Gasteiger partial charge in [-0.2, -0.15) is 0 Å². The monoisotopic (exact) mass is 1120 g/mol. The SMILES string of the molecule is C#Cc1c(F)ccc2cc(O)cc(C3=C(F)C(=NCC45CCC(COCCC)N4CC(=C)C5)/C(=C(\N=C)N4CC5CC(C4)N5)C=N3)c12.C=O.CCCNC.CCCNc1cccc(C=O)c1C(=O)N(C)C(CCC=O)C(=O)NC.CO. The van der Waals surface area contributed by atoms with Crippen LogP contribution in [0, 0.1) is 18.2 Å². The Labute approximate surface area is 476 Å². The molecule has 0 radical (unpaired) electrons. The molecule has 0 aliphatic carbocycles. The maximum absolute atomic E-state index is 17.2. The lowest BCUT2D eigenvalue weighted by Gasteiger charge is -2.49. The van der Waals surface area contributed by atoms with Crippen LogP contribution in [-0.4, -0.2) is 185 Å². The molecule has 3 aromatic carbocycles. The molecule has 0 spiro atoms. The van der Waals surface area contributed by atoms with E-state index in [9.17, 15) is 28.7 Å². The summed E-state index contributed by atoms with van der Waals surface area (Å²) >= 11 is 0. The zero-order chi connectivity index (χ0) is 59.8. The number of halogens is 2. The van der Waals surface area contributed by atoms with Crippen molar-refractivity contribution in [3.8, 4) is 18.1 Å². The number of phenolic OH excluding ortho intramolecular Hbond substituents is 1. The first-order valence-electron chi connectivity index (χ1n) is 27.4. The van der Waals surface area contributed by atoms with E-state index in [1.807, 2.05) is 20.8 Å². The highest BCUT2D eigenvalue weighted by atomic mass is 19.1. The van der Waals surface area contributed by atoms with Gasteiger partial charge in [0, 0.05) is 112 Å². The number of aliphatic hydroxyl groups is 1. The lowest BCUT2D eigenvalue weighted by atomic mass is 9.90. The van der Waals surface area contributed by atoms with E-state index in [4.69, 9.17) is 26.1 Å². The number of piperidine rings is 1. The van der Waals surface area contributed by atoms with Crippen LogP contribution < -0.4 is 21.3 Å². The predicted octanol–water partition coefficient (Wildman–Crippen LogP) is 6.90. The van der Waals surface area contributed by atoms with Gasteiger partial charge in [0.1, 0.15) is 47.9 Å². The number of aliphatic imine (C=N–C) groups is 3. The Morgan fingerprint density at radius 2 is 1.78 bits per heavy atom. The third-order valence-corrected chi connectivity index (χ3v) is 14.6. The number of nitrogens with zero attached hydrogens (tertiary/aromatic N) is 6. The number of fused-ring (bicyclic) bond motifs is 4. The Balaban J connectivity index is 0.000000350. The predicted molar refractivity (Wildman–Crippen MR) is 318 cm³/mol. The van der Waals surface area contributed by atoms with Crippen LogP contribution in [0.15, 0.2) is 86.8 Å². The number of allylic oxidation sites excluding steroid dienone is 2. The first-order valence-corrected chi connectivity index (χ1v) is 27.4. The molecule has 0 aromatic heterocycles. The quantitative estimate of drug-likeness (QED) is 0.0210. The standard InChI is InChI=1S/C37H40F2N6O2.C18H25N3O4.C4H11N.CH4O.CH2O/c1-5-11-47-20-26-9-10-37(15-22(3)17-45(26)37)21-42-35-30(36(40-4)44-18-24-13-25(19-44)43-24)16-41-34(33(35)39)29-14-27(46)12-23-7-8-31(38)28(6-2)32(23)29;1-4-10-20-14-8-5-7-13(12-23)16(14)18(25)21(3)15(9-6-11-22)17(24)19-2;1-3-4-5-2;2*1-2/h2,7-8,12,14,16,24-26,43,46H,3-5,9-11,13,15,17-21H2,1H3;5,7-8,11-12,15,20H,4,6,9-10H2,1-3H3,(H,19,24);5H,3-4H2,1-2H3;2H,1H3;1H2/b36-30+,42-35?;;;;. The number of amides is 2. The first kappa shape index (κ1) is 66.2. The molecule has 81 heavy (non-hydrogen) atoms. The normalized spacial score (nSPS) is 21.0. The van der Waals surface area contributed by atoms with Crippen LogP contribution in [0.4, 0.5) is 14.5 Å². The molecule has 0 saturated carbocycles. The third kappa shape index (κ3) is 16.0. The van der Waals surface area contributed by atoms with Crippen molar-refractivity contribution in [1.82, 2.24) is 30.7 Å². The van der Waals surface area contributed by atoms with Crippen molar-refractivity contribution in [3.05, 3.63) is 99.9 Å². The summed E-state index contributed by atoms with van der Waals surface area (Å²) in [5, 5.41) is 30.6. The Hall–Kier alpha value is -7.28.